The molecule has 0 unspecified atom stereocenters. The van der Waals surface area contributed by atoms with Crippen molar-refractivity contribution in [1.82, 2.24) is 20.4 Å². The van der Waals surface area contributed by atoms with Crippen LogP contribution < -0.4 is 25.8 Å². The number of nitrogens with one attached hydrogen (secondary N) is 3. The molecule has 1 fully saturated rings. The number of aryl methyl sites for hydroxylation is 1. The lowest BCUT2D eigenvalue weighted by Gasteiger charge is -2.39. The molecule has 0 aliphatic heterocycles. The minimum Gasteiger partial charge on any atom is -0.491 e. The van der Waals surface area contributed by atoms with Gasteiger partial charge in [-0.2, -0.15) is 0 Å². The Balaban J connectivity index is 1.70. The van der Waals surface area contributed by atoms with E-state index >= 15 is 0 Å². The number of aromatic nitrogens is 2. The van der Waals surface area contributed by atoms with E-state index in [4.69, 9.17) is 9.47 Å². The van der Waals surface area contributed by atoms with Crippen LogP contribution in [0, 0.1) is 13.8 Å². The fourth-order valence-corrected chi connectivity index (χ4v) is 5.95. The van der Waals surface area contributed by atoms with Gasteiger partial charge in [-0.25, -0.2) is 0 Å². The quantitative estimate of drug-likeness (QED) is 0.255. The first-order valence-electron chi connectivity index (χ1n) is 15.1. The number of H-pyrrole nitrogens is 1. The molecule has 228 valence electrons. The maximum absolute atomic E-state index is 13.8. The molecule has 1 saturated carbocycles. The van der Waals surface area contributed by atoms with Crippen molar-refractivity contribution in [2.24, 2.45) is 7.05 Å². The van der Waals surface area contributed by atoms with Crippen LogP contribution in [0.3, 0.4) is 0 Å². The SMILES string of the molecule is CCCN(c1cc(-c2ccc(OCCOC)cc2)cc(C(=O)NCc2c(C)n(C)[nH]c2=O)c1C)[C@H]1CC[C@H](NC)CC1. The van der Waals surface area contributed by atoms with E-state index in [9.17, 15) is 9.59 Å². The average molecular weight is 578 g/mol. The molecule has 0 radical (unpaired) electrons. The van der Waals surface area contributed by atoms with Crippen molar-refractivity contribution in [1.29, 1.82) is 0 Å². The first kappa shape index (κ1) is 31.4. The lowest BCUT2D eigenvalue weighted by atomic mass is 9.88. The van der Waals surface area contributed by atoms with Crippen molar-refractivity contribution in [3.05, 3.63) is 69.1 Å². The van der Waals surface area contributed by atoms with E-state index in [1.165, 1.54) is 0 Å². The molecule has 9 heteroatoms. The maximum atomic E-state index is 13.8. The summed E-state index contributed by atoms with van der Waals surface area (Å²) < 4.78 is 12.5. The lowest BCUT2D eigenvalue weighted by molar-refractivity contribution is 0.0950. The second-order valence-corrected chi connectivity index (χ2v) is 11.3. The van der Waals surface area contributed by atoms with Crippen molar-refractivity contribution in [2.75, 3.05) is 38.8 Å². The summed E-state index contributed by atoms with van der Waals surface area (Å²) in [6.07, 6.45) is 5.52. The summed E-state index contributed by atoms with van der Waals surface area (Å²) in [4.78, 5) is 28.7. The van der Waals surface area contributed by atoms with Crippen molar-refractivity contribution in [3.63, 3.8) is 0 Å². The van der Waals surface area contributed by atoms with Crippen LogP contribution in [-0.4, -0.2) is 61.7 Å². The number of rotatable bonds is 13. The van der Waals surface area contributed by atoms with Crippen LogP contribution in [0.15, 0.2) is 41.2 Å². The number of nitrogens with zero attached hydrogens (tertiary/aromatic N) is 2. The van der Waals surface area contributed by atoms with E-state index in [2.05, 4.69) is 33.6 Å². The Morgan fingerprint density at radius 1 is 1.07 bits per heavy atom. The van der Waals surface area contributed by atoms with Crippen LogP contribution in [-0.2, 0) is 18.3 Å². The molecular weight excluding hydrogens is 530 g/mol. The summed E-state index contributed by atoms with van der Waals surface area (Å²) in [5, 5.41) is 9.24. The molecular formula is C33H47N5O4. The van der Waals surface area contributed by atoms with Gasteiger partial charge in [-0.05, 0) is 94.0 Å². The van der Waals surface area contributed by atoms with Crippen LogP contribution in [0.2, 0.25) is 0 Å². The zero-order valence-electron chi connectivity index (χ0n) is 26.0. The normalized spacial score (nSPS) is 16.8. The van der Waals surface area contributed by atoms with Crippen LogP contribution in [0.1, 0.15) is 66.2 Å². The van der Waals surface area contributed by atoms with Crippen LogP contribution in [0.4, 0.5) is 5.69 Å². The highest BCUT2D eigenvalue weighted by molar-refractivity contribution is 5.99. The van der Waals surface area contributed by atoms with Crippen molar-refractivity contribution >= 4 is 11.6 Å². The van der Waals surface area contributed by atoms with E-state index in [1.54, 1.807) is 18.8 Å². The number of benzene rings is 2. The number of amides is 1. The zero-order chi connectivity index (χ0) is 30.2. The van der Waals surface area contributed by atoms with Crippen molar-refractivity contribution in [3.8, 4) is 16.9 Å². The highest BCUT2D eigenvalue weighted by atomic mass is 16.5. The third kappa shape index (κ3) is 7.25. The summed E-state index contributed by atoms with van der Waals surface area (Å²) in [5.74, 6) is 0.589. The number of carbonyl (C=O) groups excluding carboxylic acids is 1. The fourth-order valence-electron chi connectivity index (χ4n) is 5.95. The predicted octanol–water partition coefficient (Wildman–Crippen LogP) is 4.70. The summed E-state index contributed by atoms with van der Waals surface area (Å²) in [6, 6.07) is 13.2. The van der Waals surface area contributed by atoms with Crippen LogP contribution in [0.25, 0.3) is 11.1 Å². The number of carbonyl (C=O) groups is 1. The van der Waals surface area contributed by atoms with Gasteiger partial charge in [0.1, 0.15) is 12.4 Å². The molecule has 42 heavy (non-hydrogen) atoms. The lowest BCUT2D eigenvalue weighted by Crippen LogP contribution is -2.42. The van der Waals surface area contributed by atoms with Gasteiger partial charge in [0.25, 0.3) is 11.5 Å². The molecule has 4 rings (SSSR count). The molecule has 1 heterocycles. The zero-order valence-corrected chi connectivity index (χ0v) is 26.0. The Hall–Kier alpha value is -3.56. The monoisotopic (exact) mass is 577 g/mol. The Morgan fingerprint density at radius 3 is 2.38 bits per heavy atom. The minimum absolute atomic E-state index is 0.167. The average Bonchev–Trinajstić information content (AvgIpc) is 3.25. The summed E-state index contributed by atoms with van der Waals surface area (Å²) in [5.41, 5.74) is 5.86. The molecule has 1 aliphatic rings. The van der Waals surface area contributed by atoms with Gasteiger partial charge < -0.3 is 25.0 Å². The van der Waals surface area contributed by atoms with Gasteiger partial charge in [0.15, 0.2) is 0 Å². The first-order chi connectivity index (χ1) is 20.3. The van der Waals surface area contributed by atoms with Gasteiger partial charge in [0.2, 0.25) is 0 Å². The smallest absolute Gasteiger partial charge is 0.269 e. The predicted molar refractivity (Wildman–Crippen MR) is 169 cm³/mol. The second kappa shape index (κ2) is 14.6. The summed E-state index contributed by atoms with van der Waals surface area (Å²) in [6.45, 7) is 8.23. The van der Waals surface area contributed by atoms with Crippen molar-refractivity contribution < 1.29 is 14.3 Å². The second-order valence-electron chi connectivity index (χ2n) is 11.3. The molecule has 1 aliphatic carbocycles. The van der Waals surface area contributed by atoms with Gasteiger partial charge in [-0.1, -0.05) is 19.1 Å². The highest BCUT2D eigenvalue weighted by Crippen LogP contribution is 2.36. The molecule has 1 aromatic heterocycles. The largest absolute Gasteiger partial charge is 0.491 e. The minimum atomic E-state index is -0.187. The molecule has 0 saturated heterocycles. The number of methoxy groups -OCH3 is 1. The van der Waals surface area contributed by atoms with Gasteiger partial charge in [-0.15, -0.1) is 0 Å². The molecule has 3 aromatic rings. The van der Waals surface area contributed by atoms with E-state index in [0.717, 1.165) is 72.5 Å². The fraction of sp³-hybridized carbons (Fsp3) is 0.515. The molecule has 0 bridgehead atoms. The molecule has 9 nitrogen and oxygen atoms in total. The van der Waals surface area contributed by atoms with E-state index < -0.39 is 0 Å². The molecule has 0 spiro atoms. The summed E-state index contributed by atoms with van der Waals surface area (Å²) >= 11 is 0. The number of ether oxygens (including phenoxy) is 2. The molecule has 0 atom stereocenters. The van der Waals surface area contributed by atoms with Crippen LogP contribution in [0.5, 0.6) is 5.75 Å². The van der Waals surface area contributed by atoms with E-state index in [-0.39, 0.29) is 18.0 Å². The number of hydrogen-bond acceptors (Lipinski definition) is 6. The van der Waals surface area contributed by atoms with Gasteiger partial charge in [0.05, 0.1) is 18.7 Å². The first-order valence-corrected chi connectivity index (χ1v) is 15.1. The Kier molecular flexibility index (Phi) is 10.9. The van der Waals surface area contributed by atoms with E-state index in [0.29, 0.717) is 36.4 Å². The highest BCUT2D eigenvalue weighted by Gasteiger charge is 2.28. The Labute approximate surface area is 249 Å². The Morgan fingerprint density at radius 2 is 1.79 bits per heavy atom. The number of aromatic amines is 1. The van der Waals surface area contributed by atoms with Gasteiger partial charge in [0, 0.05) is 49.7 Å². The van der Waals surface area contributed by atoms with Gasteiger partial charge >= 0.3 is 0 Å². The van der Waals surface area contributed by atoms with Crippen molar-refractivity contribution in [2.45, 2.75) is 71.5 Å². The summed E-state index contributed by atoms with van der Waals surface area (Å²) in [7, 11) is 5.50. The standard InChI is InChI=1S/C33H47N5O4/c1-7-16-38(27-12-10-26(34-4)11-13-27)31-20-25(24-8-14-28(15-9-24)42-18-17-41-6)19-29(22(31)2)32(39)35-21-30-23(3)37(5)36-33(30)40/h8-9,14-15,19-20,26-27,34H,7,10-13,16-18,21H2,1-6H3,(H,35,39)(H,36,40)/t26-,27-. The molecule has 1 amide bonds. The topological polar surface area (TPSA) is 101 Å². The maximum Gasteiger partial charge on any atom is 0.269 e. The third-order valence-electron chi connectivity index (χ3n) is 8.60. The Bertz CT molecular complexity index is 1390. The van der Waals surface area contributed by atoms with Gasteiger partial charge in [-0.3, -0.25) is 19.4 Å². The van der Waals surface area contributed by atoms with Crippen LogP contribution >= 0.6 is 0 Å². The number of anilines is 1. The molecule has 2 aromatic carbocycles. The third-order valence-corrected chi connectivity index (χ3v) is 8.60. The number of hydrogen-bond donors (Lipinski definition) is 3. The molecule has 3 N–H and O–H groups in total. The van der Waals surface area contributed by atoms with E-state index in [1.807, 2.05) is 51.2 Å².